The summed E-state index contributed by atoms with van der Waals surface area (Å²) in [4.78, 5) is 9.26. The van der Waals surface area contributed by atoms with E-state index in [0.717, 1.165) is 0 Å². The minimum Gasteiger partial charge on any atom is -0.376 e. The molecule has 76 valence electrons. The Morgan fingerprint density at radius 1 is 1.69 bits per heavy atom. The van der Waals surface area contributed by atoms with E-state index in [0.29, 0.717) is 0 Å². The SMILES string of the molecule is O=C1CC(CC(F)(F)Br)CN1CO. The Morgan fingerprint density at radius 3 is 2.69 bits per heavy atom. The van der Waals surface area contributed by atoms with Crippen molar-refractivity contribution < 1.29 is 18.7 Å². The van der Waals surface area contributed by atoms with Crippen molar-refractivity contribution in [3.8, 4) is 0 Å². The van der Waals surface area contributed by atoms with Crippen LogP contribution in [0.4, 0.5) is 8.78 Å². The summed E-state index contributed by atoms with van der Waals surface area (Å²) in [7, 11) is 0. The Balaban J connectivity index is 2.45. The Hall–Kier alpha value is -0.230. The van der Waals surface area contributed by atoms with Gasteiger partial charge in [-0.25, -0.2) is 0 Å². The first-order valence-corrected chi connectivity index (χ1v) is 4.67. The molecule has 0 radical (unpaired) electrons. The Bertz CT molecular complexity index is 207. The van der Waals surface area contributed by atoms with Crippen molar-refractivity contribution in [3.05, 3.63) is 0 Å². The van der Waals surface area contributed by atoms with E-state index in [-0.39, 0.29) is 37.9 Å². The topological polar surface area (TPSA) is 40.5 Å². The summed E-state index contributed by atoms with van der Waals surface area (Å²) in [5.74, 6) is -0.627. The maximum Gasteiger partial charge on any atom is 0.301 e. The molecule has 0 spiro atoms. The van der Waals surface area contributed by atoms with Crippen LogP contribution in [0.3, 0.4) is 0 Å². The Morgan fingerprint density at radius 2 is 2.31 bits per heavy atom. The number of likely N-dealkylation sites (tertiary alicyclic amines) is 1. The maximum atomic E-state index is 12.5. The van der Waals surface area contributed by atoms with Gasteiger partial charge in [-0.2, -0.15) is 8.78 Å². The lowest BCUT2D eigenvalue weighted by atomic mass is 10.1. The van der Waals surface area contributed by atoms with Crippen molar-refractivity contribution in [2.45, 2.75) is 17.7 Å². The molecule has 1 amide bonds. The number of rotatable bonds is 3. The monoisotopic (exact) mass is 257 g/mol. The van der Waals surface area contributed by atoms with Gasteiger partial charge in [0, 0.05) is 19.4 Å². The van der Waals surface area contributed by atoms with E-state index in [1.807, 2.05) is 0 Å². The van der Waals surface area contributed by atoms with Gasteiger partial charge in [-0.05, 0) is 21.8 Å². The van der Waals surface area contributed by atoms with Crippen molar-refractivity contribution in [3.63, 3.8) is 0 Å². The molecule has 1 aliphatic heterocycles. The average Bonchev–Trinajstić information content (AvgIpc) is 2.26. The highest BCUT2D eigenvalue weighted by Crippen LogP contribution is 2.33. The number of aliphatic hydroxyl groups is 1. The predicted molar refractivity (Wildman–Crippen MR) is 45.4 cm³/mol. The molecule has 13 heavy (non-hydrogen) atoms. The lowest BCUT2D eigenvalue weighted by Crippen LogP contribution is -2.26. The number of alkyl halides is 3. The third-order valence-electron chi connectivity index (χ3n) is 1.99. The fraction of sp³-hybridized carbons (Fsp3) is 0.857. The quantitative estimate of drug-likeness (QED) is 0.772. The molecule has 0 aromatic carbocycles. The first kappa shape index (κ1) is 10.8. The normalized spacial score (nSPS) is 24.2. The summed E-state index contributed by atoms with van der Waals surface area (Å²) in [5, 5.41) is 8.66. The van der Waals surface area contributed by atoms with E-state index in [2.05, 4.69) is 15.9 Å². The van der Waals surface area contributed by atoms with Gasteiger partial charge in [-0.1, -0.05) is 0 Å². The van der Waals surface area contributed by atoms with Gasteiger partial charge in [0.2, 0.25) is 5.91 Å². The summed E-state index contributed by atoms with van der Waals surface area (Å²) >= 11 is 2.22. The summed E-state index contributed by atoms with van der Waals surface area (Å²) < 4.78 is 24.9. The van der Waals surface area contributed by atoms with Gasteiger partial charge < -0.3 is 10.0 Å². The second-order valence-corrected chi connectivity index (χ2v) is 4.31. The van der Waals surface area contributed by atoms with Gasteiger partial charge >= 0.3 is 4.83 Å². The standard InChI is InChI=1S/C7H10BrF2NO2/c8-7(9,10)2-5-1-6(13)11(3-5)4-12/h5,12H,1-4H2. The molecule has 1 aliphatic rings. The molecule has 6 heteroatoms. The van der Waals surface area contributed by atoms with Crippen molar-refractivity contribution >= 4 is 21.8 Å². The molecular formula is C7H10BrF2NO2. The zero-order valence-electron chi connectivity index (χ0n) is 6.84. The van der Waals surface area contributed by atoms with Crippen molar-refractivity contribution in [2.24, 2.45) is 5.92 Å². The lowest BCUT2D eigenvalue weighted by Gasteiger charge is -2.14. The Labute approximate surface area is 82.8 Å². The zero-order valence-corrected chi connectivity index (χ0v) is 8.43. The van der Waals surface area contributed by atoms with Crippen LogP contribution in [0.25, 0.3) is 0 Å². The van der Waals surface area contributed by atoms with E-state index in [1.165, 1.54) is 4.90 Å². The number of hydrogen-bond donors (Lipinski definition) is 1. The molecule has 1 saturated heterocycles. The molecule has 1 fully saturated rings. The molecule has 0 bridgehead atoms. The molecule has 3 nitrogen and oxygen atoms in total. The average molecular weight is 258 g/mol. The molecule has 0 aliphatic carbocycles. The zero-order chi connectivity index (χ0) is 10.1. The van der Waals surface area contributed by atoms with Crippen molar-refractivity contribution in [2.75, 3.05) is 13.3 Å². The van der Waals surface area contributed by atoms with Crippen molar-refractivity contribution in [1.29, 1.82) is 0 Å². The van der Waals surface area contributed by atoms with E-state index in [4.69, 9.17) is 5.11 Å². The third-order valence-corrected chi connectivity index (χ3v) is 2.31. The number of carbonyl (C=O) groups excluding carboxylic acids is 1. The highest BCUT2D eigenvalue weighted by Gasteiger charge is 2.36. The molecule has 1 atom stereocenters. The van der Waals surface area contributed by atoms with Gasteiger partial charge in [0.05, 0.1) is 0 Å². The van der Waals surface area contributed by atoms with Crippen LogP contribution < -0.4 is 0 Å². The summed E-state index contributed by atoms with van der Waals surface area (Å²) in [5.41, 5.74) is 0. The van der Waals surface area contributed by atoms with E-state index in [1.54, 1.807) is 0 Å². The van der Waals surface area contributed by atoms with Crippen LogP contribution in [0.1, 0.15) is 12.8 Å². The molecule has 0 aromatic rings. The summed E-state index contributed by atoms with van der Waals surface area (Å²) in [6, 6.07) is 0. The van der Waals surface area contributed by atoms with Crippen LogP contribution in [0.2, 0.25) is 0 Å². The largest absolute Gasteiger partial charge is 0.376 e. The number of aliphatic hydroxyl groups excluding tert-OH is 1. The highest BCUT2D eigenvalue weighted by atomic mass is 79.9. The Kier molecular flexibility index (Phi) is 3.23. The molecule has 1 unspecified atom stereocenters. The predicted octanol–water partition coefficient (Wildman–Crippen LogP) is 1.16. The molecular weight excluding hydrogens is 248 g/mol. The van der Waals surface area contributed by atoms with Gasteiger partial charge in [-0.15, -0.1) is 0 Å². The number of amides is 1. The molecule has 1 rings (SSSR count). The highest BCUT2D eigenvalue weighted by molar-refractivity contribution is 9.09. The van der Waals surface area contributed by atoms with Gasteiger partial charge in [0.15, 0.2) is 0 Å². The van der Waals surface area contributed by atoms with E-state index in [9.17, 15) is 13.6 Å². The summed E-state index contributed by atoms with van der Waals surface area (Å²) in [6.45, 7) is -0.167. The third kappa shape index (κ3) is 3.19. The number of nitrogens with zero attached hydrogens (tertiary/aromatic N) is 1. The minimum atomic E-state index is -2.91. The van der Waals surface area contributed by atoms with E-state index >= 15 is 0 Å². The van der Waals surface area contributed by atoms with Crippen LogP contribution in [-0.2, 0) is 4.79 Å². The number of carbonyl (C=O) groups is 1. The number of hydrogen-bond acceptors (Lipinski definition) is 2. The number of halogens is 3. The van der Waals surface area contributed by atoms with Crippen LogP contribution in [0.15, 0.2) is 0 Å². The van der Waals surface area contributed by atoms with Crippen molar-refractivity contribution in [1.82, 2.24) is 4.90 Å². The second kappa shape index (κ2) is 3.88. The summed E-state index contributed by atoms with van der Waals surface area (Å²) in [6.07, 6.45) is -0.267. The minimum absolute atomic E-state index is 0.0990. The van der Waals surface area contributed by atoms with Gasteiger partial charge in [0.25, 0.3) is 0 Å². The van der Waals surface area contributed by atoms with Gasteiger partial charge in [-0.3, -0.25) is 4.79 Å². The van der Waals surface area contributed by atoms with Crippen LogP contribution in [-0.4, -0.2) is 34.0 Å². The second-order valence-electron chi connectivity index (χ2n) is 3.15. The first-order chi connectivity index (χ1) is 5.92. The molecule has 0 saturated carbocycles. The molecule has 1 N–H and O–H groups in total. The first-order valence-electron chi connectivity index (χ1n) is 3.88. The molecule has 0 aromatic heterocycles. The fourth-order valence-corrected chi connectivity index (χ4v) is 1.91. The van der Waals surface area contributed by atoms with E-state index < -0.39 is 4.83 Å². The molecule has 1 heterocycles. The fourth-order valence-electron chi connectivity index (χ4n) is 1.45. The van der Waals surface area contributed by atoms with Crippen LogP contribution in [0.5, 0.6) is 0 Å². The maximum absolute atomic E-state index is 12.5. The van der Waals surface area contributed by atoms with Crippen LogP contribution >= 0.6 is 15.9 Å². The van der Waals surface area contributed by atoms with Crippen LogP contribution in [0, 0.1) is 5.92 Å². The lowest BCUT2D eigenvalue weighted by molar-refractivity contribution is -0.130. The smallest absolute Gasteiger partial charge is 0.301 e. The van der Waals surface area contributed by atoms with Gasteiger partial charge in [0.1, 0.15) is 6.73 Å².